The van der Waals surface area contributed by atoms with Gasteiger partial charge in [-0.15, -0.1) is 35.3 Å². The van der Waals surface area contributed by atoms with E-state index in [-0.39, 0.29) is 24.0 Å². The first kappa shape index (κ1) is 22.9. The third-order valence-corrected chi connectivity index (χ3v) is 5.97. The Morgan fingerprint density at radius 1 is 1.30 bits per heavy atom. The second-order valence-electron chi connectivity index (χ2n) is 6.85. The van der Waals surface area contributed by atoms with E-state index in [1.54, 1.807) is 0 Å². The van der Waals surface area contributed by atoms with Crippen LogP contribution in [0, 0.1) is 6.92 Å². The monoisotopic (exact) mass is 508 g/mol. The van der Waals surface area contributed by atoms with Gasteiger partial charge in [-0.2, -0.15) is 0 Å². The van der Waals surface area contributed by atoms with Gasteiger partial charge in [-0.1, -0.05) is 0 Å². The molecule has 2 unspecified atom stereocenters. The average Bonchev–Trinajstić information content (AvgIpc) is 3.32. The largest absolute Gasteiger partial charge is 0.379 e. The van der Waals surface area contributed by atoms with E-state index < -0.39 is 0 Å². The van der Waals surface area contributed by atoms with Gasteiger partial charge >= 0.3 is 0 Å². The fraction of sp³-hybridized carbons (Fsp3) is 0.737. The highest BCUT2D eigenvalue weighted by Crippen LogP contribution is 2.28. The lowest BCUT2D eigenvalue weighted by Crippen LogP contribution is -2.43. The third-order valence-electron chi connectivity index (χ3n) is 4.86. The minimum absolute atomic E-state index is 0. The number of morpholine rings is 1. The van der Waals surface area contributed by atoms with E-state index in [1.807, 2.05) is 11.3 Å². The molecule has 3 rings (SSSR count). The van der Waals surface area contributed by atoms with Crippen LogP contribution in [0.25, 0.3) is 0 Å². The summed E-state index contributed by atoms with van der Waals surface area (Å²) >= 11 is 1.88. The predicted molar refractivity (Wildman–Crippen MR) is 123 cm³/mol. The van der Waals surface area contributed by atoms with Crippen molar-refractivity contribution in [2.75, 3.05) is 52.5 Å². The number of ether oxygens (including phenoxy) is 2. The zero-order valence-electron chi connectivity index (χ0n) is 16.4. The minimum Gasteiger partial charge on any atom is -0.379 e. The van der Waals surface area contributed by atoms with E-state index in [1.165, 1.54) is 9.75 Å². The lowest BCUT2D eigenvalue weighted by molar-refractivity contribution is 0.0186. The number of aryl methyl sites for hydroxylation is 1. The molecule has 8 heteroatoms. The lowest BCUT2D eigenvalue weighted by atomic mass is 10.2. The molecule has 2 aliphatic rings. The summed E-state index contributed by atoms with van der Waals surface area (Å²) in [6.07, 6.45) is 2.61. The van der Waals surface area contributed by atoms with Gasteiger partial charge in [0.1, 0.15) is 0 Å². The molecule has 2 aliphatic heterocycles. The molecule has 0 saturated carbocycles. The highest BCUT2D eigenvalue weighted by molar-refractivity contribution is 14.0. The number of hydrogen-bond acceptors (Lipinski definition) is 5. The van der Waals surface area contributed by atoms with Crippen molar-refractivity contribution in [3.8, 4) is 0 Å². The standard InChI is InChI=1S/C19H32N4O2S.HI/c1-3-20-19(21-13-16-5-4-10-25-16)22-14-17(18-7-6-15(2)26-18)23-8-11-24-12-9-23;/h6-7,16-17H,3-5,8-14H2,1-2H3,(H2,20,21,22);1H. The normalized spacial score (nSPS) is 22.3. The molecule has 0 bridgehead atoms. The van der Waals surface area contributed by atoms with E-state index in [2.05, 4.69) is 41.5 Å². The number of nitrogens with one attached hydrogen (secondary N) is 2. The van der Waals surface area contributed by atoms with E-state index in [9.17, 15) is 0 Å². The van der Waals surface area contributed by atoms with Gasteiger partial charge in [0.05, 0.1) is 31.9 Å². The van der Waals surface area contributed by atoms with Crippen molar-refractivity contribution in [1.82, 2.24) is 15.5 Å². The number of guanidine groups is 1. The molecule has 6 nitrogen and oxygen atoms in total. The van der Waals surface area contributed by atoms with Gasteiger partial charge < -0.3 is 20.1 Å². The van der Waals surface area contributed by atoms with Crippen molar-refractivity contribution in [3.63, 3.8) is 0 Å². The number of thiophene rings is 1. The Bertz CT molecular complexity index is 572. The first-order valence-electron chi connectivity index (χ1n) is 9.78. The van der Waals surface area contributed by atoms with Crippen molar-refractivity contribution in [1.29, 1.82) is 0 Å². The van der Waals surface area contributed by atoms with Crippen molar-refractivity contribution in [3.05, 3.63) is 21.9 Å². The van der Waals surface area contributed by atoms with Crippen LogP contribution in [-0.2, 0) is 9.47 Å². The van der Waals surface area contributed by atoms with Crippen molar-refractivity contribution in [2.24, 2.45) is 4.99 Å². The van der Waals surface area contributed by atoms with Crippen molar-refractivity contribution in [2.45, 2.75) is 38.8 Å². The smallest absolute Gasteiger partial charge is 0.191 e. The molecular weight excluding hydrogens is 475 g/mol. The number of aliphatic imine (C=N–C) groups is 1. The maximum atomic E-state index is 5.71. The van der Waals surface area contributed by atoms with Gasteiger partial charge in [-0.25, -0.2) is 0 Å². The molecule has 2 N–H and O–H groups in total. The van der Waals surface area contributed by atoms with Crippen LogP contribution in [0.2, 0.25) is 0 Å². The minimum atomic E-state index is 0. The van der Waals surface area contributed by atoms with Crippen molar-refractivity contribution < 1.29 is 9.47 Å². The molecule has 0 radical (unpaired) electrons. The topological polar surface area (TPSA) is 58.1 Å². The molecule has 2 saturated heterocycles. The number of rotatable bonds is 7. The Labute approximate surface area is 184 Å². The number of hydrogen-bond donors (Lipinski definition) is 2. The molecule has 0 aliphatic carbocycles. The Balaban J connectivity index is 0.00000261. The highest BCUT2D eigenvalue weighted by atomic mass is 127. The first-order chi connectivity index (χ1) is 12.8. The molecule has 0 amide bonds. The number of nitrogens with zero attached hydrogens (tertiary/aromatic N) is 2. The fourth-order valence-electron chi connectivity index (χ4n) is 3.44. The molecule has 0 aromatic carbocycles. The van der Waals surface area contributed by atoms with Crippen LogP contribution in [0.4, 0.5) is 0 Å². The third kappa shape index (κ3) is 7.16. The van der Waals surface area contributed by atoms with Crippen LogP contribution in [0.3, 0.4) is 0 Å². The van der Waals surface area contributed by atoms with Crippen LogP contribution in [0.1, 0.15) is 35.6 Å². The Morgan fingerprint density at radius 2 is 2.11 bits per heavy atom. The zero-order valence-corrected chi connectivity index (χ0v) is 19.6. The van der Waals surface area contributed by atoms with Gasteiger partial charge in [0.15, 0.2) is 5.96 Å². The van der Waals surface area contributed by atoms with E-state index >= 15 is 0 Å². The molecule has 3 heterocycles. The quantitative estimate of drug-likeness (QED) is 0.337. The lowest BCUT2D eigenvalue weighted by Gasteiger charge is -2.33. The van der Waals surface area contributed by atoms with Crippen LogP contribution in [0.5, 0.6) is 0 Å². The highest BCUT2D eigenvalue weighted by Gasteiger charge is 2.24. The number of halogens is 1. The summed E-state index contributed by atoms with van der Waals surface area (Å²) in [5.41, 5.74) is 0. The summed E-state index contributed by atoms with van der Waals surface area (Å²) in [5.74, 6) is 0.884. The van der Waals surface area contributed by atoms with Gasteiger partial charge in [0.2, 0.25) is 0 Å². The summed E-state index contributed by atoms with van der Waals surface area (Å²) in [6.45, 7) is 11.1. The second kappa shape index (κ2) is 12.2. The molecule has 1 aromatic heterocycles. The van der Waals surface area contributed by atoms with Crippen LogP contribution < -0.4 is 10.6 Å². The SMILES string of the molecule is CCNC(=NCC(c1ccc(C)s1)N1CCOCC1)NCC1CCCO1.I. The maximum absolute atomic E-state index is 5.71. The molecule has 1 aromatic rings. The summed E-state index contributed by atoms with van der Waals surface area (Å²) in [6, 6.07) is 4.77. The fourth-order valence-corrected chi connectivity index (χ4v) is 4.45. The second-order valence-corrected chi connectivity index (χ2v) is 8.17. The summed E-state index contributed by atoms with van der Waals surface area (Å²) in [5, 5.41) is 6.82. The molecule has 27 heavy (non-hydrogen) atoms. The Morgan fingerprint density at radius 3 is 2.74 bits per heavy atom. The Kier molecular flexibility index (Phi) is 10.3. The van der Waals surface area contributed by atoms with Crippen LogP contribution in [0.15, 0.2) is 17.1 Å². The predicted octanol–water partition coefficient (Wildman–Crippen LogP) is 2.78. The summed E-state index contributed by atoms with van der Waals surface area (Å²) < 4.78 is 11.2. The van der Waals surface area contributed by atoms with Gasteiger partial charge in [0, 0.05) is 42.5 Å². The first-order valence-corrected chi connectivity index (χ1v) is 10.6. The van der Waals surface area contributed by atoms with E-state index in [4.69, 9.17) is 14.5 Å². The zero-order chi connectivity index (χ0) is 18.2. The van der Waals surface area contributed by atoms with Gasteiger partial charge in [-0.3, -0.25) is 9.89 Å². The molecule has 0 spiro atoms. The van der Waals surface area contributed by atoms with Gasteiger partial charge in [0.25, 0.3) is 0 Å². The van der Waals surface area contributed by atoms with E-state index in [0.29, 0.717) is 12.1 Å². The summed E-state index contributed by atoms with van der Waals surface area (Å²) in [4.78, 5) is 10.1. The maximum Gasteiger partial charge on any atom is 0.191 e. The Hall–Kier alpha value is -0.420. The summed E-state index contributed by atoms with van der Waals surface area (Å²) in [7, 11) is 0. The van der Waals surface area contributed by atoms with E-state index in [0.717, 1.165) is 71.3 Å². The van der Waals surface area contributed by atoms with Gasteiger partial charge in [-0.05, 0) is 38.8 Å². The molecular formula is C19H33IN4O2S. The van der Waals surface area contributed by atoms with Crippen molar-refractivity contribution >= 4 is 41.3 Å². The average molecular weight is 508 g/mol. The molecule has 154 valence electrons. The molecule has 2 atom stereocenters. The molecule has 2 fully saturated rings. The van der Waals surface area contributed by atoms with Crippen LogP contribution >= 0.6 is 35.3 Å². The van der Waals surface area contributed by atoms with Crippen LogP contribution in [-0.4, -0.2) is 69.5 Å².